The first-order valence-electron chi connectivity index (χ1n) is 5.36. The molecule has 94 valence electrons. The number of aliphatic hydroxyl groups is 1. The molecule has 0 spiro atoms. The standard InChI is InChI=1S/C10H16F3NO2/c11-10(12,13)6-3-8(16)14-9(7-15)4-1-2-5-9/h15H,1-7H2,(H,14,16). The first-order chi connectivity index (χ1) is 7.37. The third-order valence-electron chi connectivity index (χ3n) is 2.90. The number of hydrogen-bond acceptors (Lipinski definition) is 2. The van der Waals surface area contributed by atoms with Crippen LogP contribution in [0.1, 0.15) is 38.5 Å². The Morgan fingerprint density at radius 3 is 2.31 bits per heavy atom. The van der Waals surface area contributed by atoms with Crippen LogP contribution >= 0.6 is 0 Å². The van der Waals surface area contributed by atoms with E-state index in [9.17, 15) is 18.0 Å². The van der Waals surface area contributed by atoms with Crippen LogP contribution in [0.4, 0.5) is 13.2 Å². The highest BCUT2D eigenvalue weighted by Gasteiger charge is 2.35. The van der Waals surface area contributed by atoms with Crippen molar-refractivity contribution >= 4 is 5.91 Å². The van der Waals surface area contributed by atoms with Crippen LogP contribution in [0.5, 0.6) is 0 Å². The zero-order valence-corrected chi connectivity index (χ0v) is 8.94. The van der Waals surface area contributed by atoms with Crippen LogP contribution in [-0.4, -0.2) is 29.3 Å². The number of aliphatic hydroxyl groups excluding tert-OH is 1. The van der Waals surface area contributed by atoms with E-state index in [1.807, 2.05) is 0 Å². The van der Waals surface area contributed by atoms with Gasteiger partial charge in [0.15, 0.2) is 0 Å². The van der Waals surface area contributed by atoms with E-state index in [1.165, 1.54) is 0 Å². The molecule has 0 aliphatic heterocycles. The van der Waals surface area contributed by atoms with Gasteiger partial charge >= 0.3 is 6.18 Å². The molecule has 0 unspecified atom stereocenters. The number of nitrogens with one attached hydrogen (secondary N) is 1. The summed E-state index contributed by atoms with van der Waals surface area (Å²) in [6.45, 7) is -0.204. The van der Waals surface area contributed by atoms with Crippen molar-refractivity contribution < 1.29 is 23.1 Å². The number of halogens is 3. The maximum Gasteiger partial charge on any atom is 0.389 e. The van der Waals surface area contributed by atoms with Crippen molar-refractivity contribution in [3.05, 3.63) is 0 Å². The number of amides is 1. The minimum atomic E-state index is -4.31. The number of hydrogen-bond donors (Lipinski definition) is 2. The highest BCUT2D eigenvalue weighted by molar-refractivity contribution is 5.76. The average molecular weight is 239 g/mol. The third-order valence-corrected chi connectivity index (χ3v) is 2.90. The fourth-order valence-corrected chi connectivity index (χ4v) is 1.99. The molecule has 0 bridgehead atoms. The lowest BCUT2D eigenvalue weighted by Crippen LogP contribution is -2.49. The first-order valence-corrected chi connectivity index (χ1v) is 5.36. The molecule has 0 aromatic heterocycles. The van der Waals surface area contributed by atoms with Crippen LogP contribution in [0.3, 0.4) is 0 Å². The van der Waals surface area contributed by atoms with Gasteiger partial charge in [-0.15, -0.1) is 0 Å². The fourth-order valence-electron chi connectivity index (χ4n) is 1.99. The lowest BCUT2D eigenvalue weighted by Gasteiger charge is -2.28. The van der Waals surface area contributed by atoms with E-state index in [0.29, 0.717) is 12.8 Å². The van der Waals surface area contributed by atoms with Crippen LogP contribution in [0.25, 0.3) is 0 Å². The summed E-state index contributed by atoms with van der Waals surface area (Å²) in [6, 6.07) is 0. The summed E-state index contributed by atoms with van der Waals surface area (Å²) in [4.78, 5) is 11.3. The molecule has 0 aromatic rings. The van der Waals surface area contributed by atoms with Crippen LogP contribution in [0.2, 0.25) is 0 Å². The minimum Gasteiger partial charge on any atom is -0.394 e. The van der Waals surface area contributed by atoms with Gasteiger partial charge in [-0.05, 0) is 12.8 Å². The SMILES string of the molecule is O=C(CCC(F)(F)F)NC1(CO)CCCC1. The normalized spacial score (nSPS) is 19.8. The van der Waals surface area contributed by atoms with Gasteiger partial charge in [-0.1, -0.05) is 12.8 Å². The Kier molecular flexibility index (Phi) is 4.18. The Bertz CT molecular complexity index is 247. The first kappa shape index (κ1) is 13.3. The highest BCUT2D eigenvalue weighted by Crippen LogP contribution is 2.29. The molecule has 3 nitrogen and oxygen atoms in total. The number of carbonyl (C=O) groups excluding carboxylic acids is 1. The minimum absolute atomic E-state index is 0.204. The van der Waals surface area contributed by atoms with Gasteiger partial charge in [0, 0.05) is 6.42 Å². The summed E-state index contributed by atoms with van der Waals surface area (Å²) in [5, 5.41) is 11.7. The lowest BCUT2D eigenvalue weighted by atomic mass is 9.98. The smallest absolute Gasteiger partial charge is 0.389 e. The number of rotatable bonds is 4. The van der Waals surface area contributed by atoms with Crippen LogP contribution in [-0.2, 0) is 4.79 Å². The van der Waals surface area contributed by atoms with Crippen LogP contribution in [0, 0.1) is 0 Å². The fraction of sp³-hybridized carbons (Fsp3) is 0.900. The Hall–Kier alpha value is -0.780. The number of alkyl halides is 3. The van der Waals surface area contributed by atoms with E-state index in [2.05, 4.69) is 5.32 Å². The Morgan fingerprint density at radius 2 is 1.88 bits per heavy atom. The zero-order chi connectivity index (χ0) is 12.2. The summed E-state index contributed by atoms with van der Waals surface area (Å²) in [5.41, 5.74) is -0.678. The van der Waals surface area contributed by atoms with Gasteiger partial charge in [-0.25, -0.2) is 0 Å². The van der Waals surface area contributed by atoms with Crippen LogP contribution < -0.4 is 5.32 Å². The predicted octanol–water partition coefficient (Wildman–Crippen LogP) is 1.75. The average Bonchev–Trinajstić information content (AvgIpc) is 2.63. The summed E-state index contributed by atoms with van der Waals surface area (Å²) >= 11 is 0. The van der Waals surface area contributed by atoms with E-state index in [1.54, 1.807) is 0 Å². The molecular formula is C10H16F3NO2. The third kappa shape index (κ3) is 4.00. The Morgan fingerprint density at radius 1 is 1.31 bits per heavy atom. The molecule has 1 aliphatic carbocycles. The maximum atomic E-state index is 11.9. The Labute approximate surface area is 92.0 Å². The van der Waals surface area contributed by atoms with Gasteiger partial charge in [0.25, 0.3) is 0 Å². The molecule has 0 saturated heterocycles. The molecule has 1 saturated carbocycles. The summed E-state index contributed by atoms with van der Waals surface area (Å²) in [7, 11) is 0. The van der Waals surface area contributed by atoms with E-state index >= 15 is 0 Å². The molecule has 16 heavy (non-hydrogen) atoms. The Balaban J connectivity index is 2.38. The van der Waals surface area contributed by atoms with E-state index in [-0.39, 0.29) is 6.61 Å². The van der Waals surface area contributed by atoms with Crippen LogP contribution in [0.15, 0.2) is 0 Å². The van der Waals surface area contributed by atoms with Crippen molar-refractivity contribution in [1.82, 2.24) is 5.32 Å². The quantitative estimate of drug-likeness (QED) is 0.785. The summed E-state index contributed by atoms with van der Waals surface area (Å²) in [6.07, 6.45) is -2.92. The monoisotopic (exact) mass is 239 g/mol. The van der Waals surface area contributed by atoms with Gasteiger partial charge in [-0.2, -0.15) is 13.2 Å². The lowest BCUT2D eigenvalue weighted by molar-refractivity contribution is -0.145. The largest absolute Gasteiger partial charge is 0.394 e. The number of carbonyl (C=O) groups is 1. The molecule has 0 aromatic carbocycles. The second-order valence-corrected chi connectivity index (χ2v) is 4.31. The van der Waals surface area contributed by atoms with Crippen molar-refractivity contribution in [3.8, 4) is 0 Å². The molecule has 1 amide bonds. The van der Waals surface area contributed by atoms with Crippen molar-refractivity contribution in [3.63, 3.8) is 0 Å². The molecule has 0 heterocycles. The highest BCUT2D eigenvalue weighted by atomic mass is 19.4. The molecule has 6 heteroatoms. The van der Waals surface area contributed by atoms with Gasteiger partial charge in [0.1, 0.15) is 0 Å². The predicted molar refractivity (Wildman–Crippen MR) is 51.7 cm³/mol. The summed E-state index contributed by atoms with van der Waals surface area (Å²) in [5.74, 6) is -0.631. The van der Waals surface area contributed by atoms with Crippen molar-refractivity contribution in [2.75, 3.05) is 6.61 Å². The summed E-state index contributed by atoms with van der Waals surface area (Å²) < 4.78 is 35.6. The van der Waals surface area contributed by atoms with Crippen molar-refractivity contribution in [2.45, 2.75) is 50.2 Å². The van der Waals surface area contributed by atoms with Gasteiger partial charge in [0.2, 0.25) is 5.91 Å². The second-order valence-electron chi connectivity index (χ2n) is 4.31. The molecule has 1 fully saturated rings. The van der Waals surface area contributed by atoms with Gasteiger partial charge < -0.3 is 10.4 Å². The van der Waals surface area contributed by atoms with Gasteiger partial charge in [-0.3, -0.25) is 4.79 Å². The second kappa shape index (κ2) is 5.03. The van der Waals surface area contributed by atoms with Crippen molar-refractivity contribution in [2.24, 2.45) is 0 Å². The van der Waals surface area contributed by atoms with E-state index in [4.69, 9.17) is 5.11 Å². The molecule has 1 rings (SSSR count). The molecular weight excluding hydrogens is 223 g/mol. The van der Waals surface area contributed by atoms with Gasteiger partial charge in [0.05, 0.1) is 18.6 Å². The van der Waals surface area contributed by atoms with E-state index in [0.717, 1.165) is 12.8 Å². The van der Waals surface area contributed by atoms with Crippen molar-refractivity contribution in [1.29, 1.82) is 0 Å². The molecule has 1 aliphatic rings. The zero-order valence-electron chi connectivity index (χ0n) is 8.94. The maximum absolute atomic E-state index is 11.9. The molecule has 0 radical (unpaired) electrons. The topological polar surface area (TPSA) is 49.3 Å². The van der Waals surface area contributed by atoms with E-state index < -0.39 is 30.5 Å². The molecule has 0 atom stereocenters. The molecule has 2 N–H and O–H groups in total.